The summed E-state index contributed by atoms with van der Waals surface area (Å²) in [6.45, 7) is 4.24. The molecular weight excluding hydrogens is 208 g/mol. The second-order valence-corrected chi connectivity index (χ2v) is 3.36. The van der Waals surface area contributed by atoms with E-state index >= 15 is 0 Å². The molecule has 1 aliphatic rings. The SMILES string of the molecule is CCOc1ccccc1OCC1OCCO1. The maximum absolute atomic E-state index is 5.60. The van der Waals surface area contributed by atoms with Crippen LogP contribution < -0.4 is 9.47 Å². The summed E-state index contributed by atoms with van der Waals surface area (Å²) in [6.07, 6.45) is -0.255. The number of rotatable bonds is 5. The van der Waals surface area contributed by atoms with Gasteiger partial charge in [0.2, 0.25) is 0 Å². The van der Waals surface area contributed by atoms with Crippen LogP contribution >= 0.6 is 0 Å². The minimum atomic E-state index is -0.255. The Labute approximate surface area is 95.1 Å². The second kappa shape index (κ2) is 5.72. The van der Waals surface area contributed by atoms with E-state index in [0.29, 0.717) is 26.4 Å². The molecule has 0 atom stereocenters. The van der Waals surface area contributed by atoms with E-state index in [-0.39, 0.29) is 6.29 Å². The van der Waals surface area contributed by atoms with Gasteiger partial charge in [0.05, 0.1) is 19.8 Å². The maximum Gasteiger partial charge on any atom is 0.191 e. The van der Waals surface area contributed by atoms with Gasteiger partial charge in [0, 0.05) is 0 Å². The maximum atomic E-state index is 5.60. The first kappa shape index (κ1) is 11.2. The lowest BCUT2D eigenvalue weighted by Gasteiger charge is -2.14. The van der Waals surface area contributed by atoms with E-state index in [4.69, 9.17) is 18.9 Å². The van der Waals surface area contributed by atoms with Crippen molar-refractivity contribution in [2.75, 3.05) is 26.4 Å². The van der Waals surface area contributed by atoms with E-state index in [1.807, 2.05) is 31.2 Å². The first-order valence-electron chi connectivity index (χ1n) is 5.48. The molecule has 1 aromatic carbocycles. The summed E-state index contributed by atoms with van der Waals surface area (Å²) in [5, 5.41) is 0. The van der Waals surface area contributed by atoms with Gasteiger partial charge >= 0.3 is 0 Å². The van der Waals surface area contributed by atoms with Gasteiger partial charge in [-0.25, -0.2) is 0 Å². The molecule has 1 aromatic rings. The number of hydrogen-bond donors (Lipinski definition) is 0. The van der Waals surface area contributed by atoms with Gasteiger partial charge in [-0.3, -0.25) is 0 Å². The van der Waals surface area contributed by atoms with Crippen molar-refractivity contribution in [3.8, 4) is 11.5 Å². The van der Waals surface area contributed by atoms with Crippen molar-refractivity contribution in [1.29, 1.82) is 0 Å². The summed E-state index contributed by atoms with van der Waals surface area (Å²) >= 11 is 0. The zero-order valence-corrected chi connectivity index (χ0v) is 9.35. The zero-order chi connectivity index (χ0) is 11.2. The third-order valence-electron chi connectivity index (χ3n) is 2.21. The van der Waals surface area contributed by atoms with Gasteiger partial charge in [-0.1, -0.05) is 12.1 Å². The average Bonchev–Trinajstić information content (AvgIpc) is 2.81. The lowest BCUT2D eigenvalue weighted by atomic mass is 10.3. The lowest BCUT2D eigenvalue weighted by molar-refractivity contribution is -0.0687. The molecule has 0 saturated carbocycles. The number of hydrogen-bond acceptors (Lipinski definition) is 4. The average molecular weight is 224 g/mol. The van der Waals surface area contributed by atoms with Gasteiger partial charge in [-0.2, -0.15) is 0 Å². The van der Waals surface area contributed by atoms with Gasteiger partial charge in [0.15, 0.2) is 17.8 Å². The molecule has 1 aliphatic heterocycles. The Bertz CT molecular complexity index is 321. The fourth-order valence-corrected chi connectivity index (χ4v) is 1.51. The van der Waals surface area contributed by atoms with Crippen molar-refractivity contribution in [2.24, 2.45) is 0 Å². The fraction of sp³-hybridized carbons (Fsp3) is 0.500. The molecule has 1 heterocycles. The molecule has 0 amide bonds. The Morgan fingerprint density at radius 2 is 1.75 bits per heavy atom. The minimum absolute atomic E-state index is 0.255. The summed E-state index contributed by atoms with van der Waals surface area (Å²) < 4.78 is 21.6. The Balaban J connectivity index is 1.91. The lowest BCUT2D eigenvalue weighted by Crippen LogP contribution is -2.18. The van der Waals surface area contributed by atoms with Crippen molar-refractivity contribution in [3.63, 3.8) is 0 Å². The molecule has 0 N–H and O–H groups in total. The number of ether oxygens (including phenoxy) is 4. The van der Waals surface area contributed by atoms with Crippen molar-refractivity contribution >= 4 is 0 Å². The first-order chi connectivity index (χ1) is 7.90. The molecule has 0 spiro atoms. The summed E-state index contributed by atoms with van der Waals surface area (Å²) in [4.78, 5) is 0. The summed E-state index contributed by atoms with van der Waals surface area (Å²) in [5.74, 6) is 1.48. The van der Waals surface area contributed by atoms with Crippen molar-refractivity contribution < 1.29 is 18.9 Å². The van der Waals surface area contributed by atoms with Crippen LogP contribution in [0.5, 0.6) is 11.5 Å². The normalized spacial score (nSPS) is 16.3. The molecule has 1 saturated heterocycles. The highest BCUT2D eigenvalue weighted by Crippen LogP contribution is 2.26. The predicted octanol–water partition coefficient (Wildman–Crippen LogP) is 1.84. The molecule has 16 heavy (non-hydrogen) atoms. The second-order valence-electron chi connectivity index (χ2n) is 3.36. The van der Waals surface area contributed by atoms with Crippen molar-refractivity contribution in [3.05, 3.63) is 24.3 Å². The third kappa shape index (κ3) is 2.87. The van der Waals surface area contributed by atoms with Crippen LogP contribution in [-0.4, -0.2) is 32.7 Å². The molecule has 0 radical (unpaired) electrons. The third-order valence-corrected chi connectivity index (χ3v) is 2.21. The van der Waals surface area contributed by atoms with Crippen LogP contribution in [0.1, 0.15) is 6.92 Å². The van der Waals surface area contributed by atoms with Crippen molar-refractivity contribution in [2.45, 2.75) is 13.2 Å². The molecule has 0 aliphatic carbocycles. The van der Waals surface area contributed by atoms with Gasteiger partial charge in [-0.05, 0) is 19.1 Å². The predicted molar refractivity (Wildman–Crippen MR) is 58.8 cm³/mol. The van der Waals surface area contributed by atoms with Crippen LogP contribution in [-0.2, 0) is 9.47 Å². The largest absolute Gasteiger partial charge is 0.490 e. The van der Waals surface area contributed by atoms with E-state index < -0.39 is 0 Å². The van der Waals surface area contributed by atoms with Crippen LogP contribution in [0.25, 0.3) is 0 Å². The highest BCUT2D eigenvalue weighted by atomic mass is 16.7. The summed E-state index contributed by atoms with van der Waals surface area (Å²) in [6, 6.07) is 7.59. The van der Waals surface area contributed by atoms with Crippen LogP contribution in [0.3, 0.4) is 0 Å². The topological polar surface area (TPSA) is 36.9 Å². The molecule has 4 nitrogen and oxygen atoms in total. The number of benzene rings is 1. The molecule has 88 valence electrons. The Hall–Kier alpha value is -1.26. The van der Waals surface area contributed by atoms with Crippen LogP contribution in [0.4, 0.5) is 0 Å². The van der Waals surface area contributed by atoms with Gasteiger partial charge in [0.25, 0.3) is 0 Å². The highest BCUT2D eigenvalue weighted by Gasteiger charge is 2.17. The van der Waals surface area contributed by atoms with Gasteiger partial charge in [-0.15, -0.1) is 0 Å². The molecular formula is C12H16O4. The Kier molecular flexibility index (Phi) is 4.02. The van der Waals surface area contributed by atoms with Gasteiger partial charge < -0.3 is 18.9 Å². The minimum Gasteiger partial charge on any atom is -0.490 e. The van der Waals surface area contributed by atoms with Gasteiger partial charge in [0.1, 0.15) is 6.61 Å². The van der Waals surface area contributed by atoms with Crippen LogP contribution in [0, 0.1) is 0 Å². The molecule has 1 fully saturated rings. The molecule has 4 heteroatoms. The molecule has 0 unspecified atom stereocenters. The first-order valence-corrected chi connectivity index (χ1v) is 5.48. The zero-order valence-electron chi connectivity index (χ0n) is 9.35. The highest BCUT2D eigenvalue weighted by molar-refractivity contribution is 5.39. The van der Waals surface area contributed by atoms with E-state index in [1.165, 1.54) is 0 Å². The van der Waals surface area contributed by atoms with E-state index in [9.17, 15) is 0 Å². The summed E-state index contributed by atoms with van der Waals surface area (Å²) in [7, 11) is 0. The number of para-hydroxylation sites is 2. The van der Waals surface area contributed by atoms with Crippen LogP contribution in [0.15, 0.2) is 24.3 Å². The summed E-state index contributed by atoms with van der Waals surface area (Å²) in [5.41, 5.74) is 0. The monoisotopic (exact) mass is 224 g/mol. The standard InChI is InChI=1S/C12H16O4/c1-2-13-10-5-3-4-6-11(10)16-9-12-14-7-8-15-12/h3-6,12H,2,7-9H2,1H3. The van der Waals surface area contributed by atoms with E-state index in [1.54, 1.807) is 0 Å². The quantitative estimate of drug-likeness (QED) is 0.764. The van der Waals surface area contributed by atoms with E-state index in [2.05, 4.69) is 0 Å². The molecule has 0 bridgehead atoms. The fourth-order valence-electron chi connectivity index (χ4n) is 1.51. The molecule has 2 rings (SSSR count). The van der Waals surface area contributed by atoms with E-state index in [0.717, 1.165) is 11.5 Å². The Morgan fingerprint density at radius 3 is 2.38 bits per heavy atom. The Morgan fingerprint density at radius 1 is 1.12 bits per heavy atom. The van der Waals surface area contributed by atoms with Crippen molar-refractivity contribution in [1.82, 2.24) is 0 Å². The van der Waals surface area contributed by atoms with Crippen LogP contribution in [0.2, 0.25) is 0 Å². The smallest absolute Gasteiger partial charge is 0.191 e. The molecule has 0 aromatic heterocycles.